The molecule has 0 aliphatic carbocycles. The van der Waals surface area contributed by atoms with Crippen molar-refractivity contribution in [2.24, 2.45) is 0 Å². The van der Waals surface area contributed by atoms with Crippen LogP contribution in [0.25, 0.3) is 0 Å². The van der Waals surface area contributed by atoms with Crippen LogP contribution in [0.5, 0.6) is 0 Å². The van der Waals surface area contributed by atoms with Gasteiger partial charge in [-0.05, 0) is 12.8 Å². The molecule has 0 radical (unpaired) electrons. The van der Waals surface area contributed by atoms with Gasteiger partial charge in [0.05, 0.1) is 10.5 Å². The van der Waals surface area contributed by atoms with Crippen molar-refractivity contribution in [1.82, 2.24) is 9.88 Å². The topological polar surface area (TPSA) is 102 Å². The minimum absolute atomic E-state index is 0.0311. The van der Waals surface area contributed by atoms with E-state index >= 15 is 0 Å². The summed E-state index contributed by atoms with van der Waals surface area (Å²) in [7, 11) is 0. The number of nitro groups is 1. The molecule has 0 bridgehead atoms. The van der Waals surface area contributed by atoms with Crippen molar-refractivity contribution in [3.05, 3.63) is 27.9 Å². The Hall–Kier alpha value is -2.18. The van der Waals surface area contributed by atoms with Gasteiger partial charge in [0, 0.05) is 19.2 Å². The lowest BCUT2D eigenvalue weighted by Gasteiger charge is -2.22. The van der Waals surface area contributed by atoms with Gasteiger partial charge >= 0.3 is 0 Å². The molecule has 0 aromatic carbocycles. The predicted molar refractivity (Wildman–Crippen MR) is 81.0 cm³/mol. The predicted octanol–water partition coefficient (Wildman–Crippen LogP) is 2.61. The molecule has 2 N–H and O–H groups in total. The lowest BCUT2D eigenvalue weighted by Crippen LogP contribution is -2.33. The van der Waals surface area contributed by atoms with E-state index in [2.05, 4.69) is 4.98 Å². The Kier molecular flexibility index (Phi) is 6.58. The molecule has 0 aliphatic rings. The first-order chi connectivity index (χ1) is 10.0. The lowest BCUT2D eigenvalue weighted by atomic mass is 10.2. The van der Waals surface area contributed by atoms with Crippen LogP contribution in [-0.2, 0) is 0 Å². The number of unbranched alkanes of at least 4 members (excludes halogenated alkanes) is 2. The first-order valence-corrected chi connectivity index (χ1v) is 7.20. The number of nitrogens with zero attached hydrogens (tertiary/aromatic N) is 3. The van der Waals surface area contributed by atoms with E-state index in [0.29, 0.717) is 13.1 Å². The Morgan fingerprint density at radius 3 is 2.38 bits per heavy atom. The summed E-state index contributed by atoms with van der Waals surface area (Å²) in [5, 5.41) is 10.8. The Bertz CT molecular complexity index is 497. The number of nitrogen functional groups attached to an aromatic ring is 1. The fraction of sp³-hybridized carbons (Fsp3) is 0.571. The van der Waals surface area contributed by atoms with Gasteiger partial charge in [0.1, 0.15) is 12.0 Å². The van der Waals surface area contributed by atoms with Gasteiger partial charge in [-0.3, -0.25) is 14.9 Å². The van der Waals surface area contributed by atoms with E-state index in [0.717, 1.165) is 31.9 Å². The van der Waals surface area contributed by atoms with Gasteiger partial charge in [0.15, 0.2) is 0 Å². The standard InChI is InChI=1S/C14H22N4O3/c1-3-5-7-17(8-6-4-2)14(19)12-9-11(18(20)21)10-16-13(12)15/h9-10H,3-8H2,1-2H3,(H2,15,16). The highest BCUT2D eigenvalue weighted by molar-refractivity contribution is 5.98. The van der Waals surface area contributed by atoms with E-state index in [1.165, 1.54) is 6.07 Å². The molecule has 21 heavy (non-hydrogen) atoms. The number of rotatable bonds is 8. The number of pyridine rings is 1. The van der Waals surface area contributed by atoms with Crippen molar-refractivity contribution in [1.29, 1.82) is 0 Å². The van der Waals surface area contributed by atoms with Gasteiger partial charge in [0.2, 0.25) is 0 Å². The molecule has 1 heterocycles. The maximum atomic E-state index is 12.5. The second-order valence-electron chi connectivity index (χ2n) is 4.88. The first kappa shape index (κ1) is 16.9. The minimum Gasteiger partial charge on any atom is -0.383 e. The molecular weight excluding hydrogens is 272 g/mol. The second kappa shape index (κ2) is 8.18. The van der Waals surface area contributed by atoms with Crippen LogP contribution in [0.2, 0.25) is 0 Å². The van der Waals surface area contributed by atoms with E-state index < -0.39 is 4.92 Å². The maximum Gasteiger partial charge on any atom is 0.288 e. The van der Waals surface area contributed by atoms with Gasteiger partial charge in [-0.15, -0.1) is 0 Å². The summed E-state index contributed by atoms with van der Waals surface area (Å²) in [6.45, 7) is 5.34. The average Bonchev–Trinajstić information content (AvgIpc) is 2.47. The fourth-order valence-corrected chi connectivity index (χ4v) is 1.92. The number of amides is 1. The zero-order valence-corrected chi connectivity index (χ0v) is 12.5. The minimum atomic E-state index is -0.578. The molecule has 116 valence electrons. The van der Waals surface area contributed by atoms with Crippen LogP contribution in [-0.4, -0.2) is 33.8 Å². The molecule has 7 heteroatoms. The summed E-state index contributed by atoms with van der Waals surface area (Å²) in [6, 6.07) is 1.20. The quantitative estimate of drug-likeness (QED) is 0.586. The zero-order valence-electron chi connectivity index (χ0n) is 12.5. The van der Waals surface area contributed by atoms with E-state index in [1.807, 2.05) is 13.8 Å². The monoisotopic (exact) mass is 294 g/mol. The molecule has 0 saturated carbocycles. The Morgan fingerprint density at radius 1 is 1.33 bits per heavy atom. The molecule has 1 aromatic heterocycles. The van der Waals surface area contributed by atoms with Crippen LogP contribution in [0.1, 0.15) is 49.9 Å². The molecule has 7 nitrogen and oxygen atoms in total. The molecule has 0 aliphatic heterocycles. The molecule has 0 unspecified atom stereocenters. The second-order valence-corrected chi connectivity index (χ2v) is 4.88. The molecule has 0 atom stereocenters. The van der Waals surface area contributed by atoms with Crippen molar-refractivity contribution in [2.45, 2.75) is 39.5 Å². The van der Waals surface area contributed by atoms with Gasteiger partial charge in [0.25, 0.3) is 11.6 Å². The van der Waals surface area contributed by atoms with Crippen molar-refractivity contribution < 1.29 is 9.72 Å². The average molecular weight is 294 g/mol. The van der Waals surface area contributed by atoms with Crippen LogP contribution in [0, 0.1) is 10.1 Å². The van der Waals surface area contributed by atoms with Gasteiger partial charge < -0.3 is 10.6 Å². The number of carbonyl (C=O) groups excluding carboxylic acids is 1. The molecule has 1 amide bonds. The van der Waals surface area contributed by atoms with Crippen molar-refractivity contribution in [3.8, 4) is 0 Å². The first-order valence-electron chi connectivity index (χ1n) is 7.20. The largest absolute Gasteiger partial charge is 0.383 e. The number of hydrogen-bond acceptors (Lipinski definition) is 5. The molecule has 0 spiro atoms. The summed E-state index contributed by atoms with van der Waals surface area (Å²) in [5.41, 5.74) is 5.59. The lowest BCUT2D eigenvalue weighted by molar-refractivity contribution is -0.385. The molecular formula is C14H22N4O3. The van der Waals surface area contributed by atoms with Gasteiger partial charge in [-0.1, -0.05) is 26.7 Å². The summed E-state index contributed by atoms with van der Waals surface area (Å²) in [4.78, 5) is 28.2. The summed E-state index contributed by atoms with van der Waals surface area (Å²) < 4.78 is 0. The highest BCUT2D eigenvalue weighted by Gasteiger charge is 2.21. The smallest absolute Gasteiger partial charge is 0.288 e. The number of nitrogens with two attached hydrogens (primary N) is 1. The summed E-state index contributed by atoms with van der Waals surface area (Å²) >= 11 is 0. The fourth-order valence-electron chi connectivity index (χ4n) is 1.92. The SMILES string of the molecule is CCCCN(CCCC)C(=O)c1cc([N+](=O)[O-])cnc1N. The normalized spacial score (nSPS) is 10.4. The number of carbonyl (C=O) groups is 1. The van der Waals surface area contributed by atoms with Gasteiger partial charge in [-0.2, -0.15) is 0 Å². The Labute approximate surface area is 124 Å². The highest BCUT2D eigenvalue weighted by Crippen LogP contribution is 2.19. The van der Waals surface area contributed by atoms with E-state index in [4.69, 9.17) is 5.73 Å². The van der Waals surface area contributed by atoms with E-state index in [-0.39, 0.29) is 23.0 Å². The molecule has 1 rings (SSSR count). The molecule has 0 saturated heterocycles. The zero-order chi connectivity index (χ0) is 15.8. The third-order valence-corrected chi connectivity index (χ3v) is 3.20. The highest BCUT2D eigenvalue weighted by atomic mass is 16.6. The maximum absolute atomic E-state index is 12.5. The van der Waals surface area contributed by atoms with Crippen LogP contribution >= 0.6 is 0 Å². The third-order valence-electron chi connectivity index (χ3n) is 3.20. The summed E-state index contributed by atoms with van der Waals surface area (Å²) in [6.07, 6.45) is 4.78. The van der Waals surface area contributed by atoms with Crippen LogP contribution in [0.15, 0.2) is 12.3 Å². The number of hydrogen-bond donors (Lipinski definition) is 1. The molecule has 0 fully saturated rings. The van der Waals surface area contributed by atoms with Crippen molar-refractivity contribution in [2.75, 3.05) is 18.8 Å². The van der Waals surface area contributed by atoms with Crippen LogP contribution < -0.4 is 5.73 Å². The Morgan fingerprint density at radius 2 is 1.90 bits per heavy atom. The number of anilines is 1. The van der Waals surface area contributed by atoms with Crippen LogP contribution in [0.3, 0.4) is 0 Å². The molecule has 1 aromatic rings. The van der Waals surface area contributed by atoms with Crippen molar-refractivity contribution >= 4 is 17.4 Å². The Balaban J connectivity index is 3.00. The van der Waals surface area contributed by atoms with Gasteiger partial charge in [-0.25, -0.2) is 4.98 Å². The van der Waals surface area contributed by atoms with Crippen LogP contribution in [0.4, 0.5) is 11.5 Å². The van der Waals surface area contributed by atoms with E-state index in [9.17, 15) is 14.9 Å². The van der Waals surface area contributed by atoms with E-state index in [1.54, 1.807) is 4.90 Å². The third kappa shape index (κ3) is 4.70. The summed E-state index contributed by atoms with van der Waals surface area (Å²) in [5.74, 6) is -0.255. The number of aromatic nitrogens is 1. The van der Waals surface area contributed by atoms with Crippen molar-refractivity contribution in [3.63, 3.8) is 0 Å².